The van der Waals surface area contributed by atoms with Gasteiger partial charge in [0.15, 0.2) is 0 Å². The fourth-order valence-corrected chi connectivity index (χ4v) is 6.70. The van der Waals surface area contributed by atoms with E-state index in [1.165, 1.54) is 34.2 Å². The Bertz CT molecular complexity index is 1260. The molecule has 0 amide bonds. The molecule has 3 unspecified atom stereocenters. The van der Waals surface area contributed by atoms with Gasteiger partial charge in [-0.3, -0.25) is 0 Å². The van der Waals surface area contributed by atoms with E-state index in [9.17, 15) is 0 Å². The van der Waals surface area contributed by atoms with Gasteiger partial charge < -0.3 is 0 Å². The zero-order valence-electron chi connectivity index (χ0n) is 19.7. The fraction of sp³-hybridized carbons (Fsp3) is 0.312. The SMILES string of the molecule is CC1CC(c2ccccc2)(c2cccc3c2Cc2ccccc2-3)C2C=C(C(C)(C)C)C=C12. The molecule has 0 aromatic heterocycles. The maximum absolute atomic E-state index is 2.62. The normalized spacial score (nSPS) is 25.8. The van der Waals surface area contributed by atoms with Gasteiger partial charge in [0, 0.05) is 11.3 Å². The Hall–Kier alpha value is -2.86. The molecule has 32 heavy (non-hydrogen) atoms. The van der Waals surface area contributed by atoms with Gasteiger partial charge in [-0.15, -0.1) is 0 Å². The maximum atomic E-state index is 2.62. The van der Waals surface area contributed by atoms with Crippen LogP contribution >= 0.6 is 0 Å². The first kappa shape index (κ1) is 19.8. The number of allylic oxidation sites excluding steroid dienone is 4. The molecule has 0 nitrogen and oxygen atoms in total. The largest absolute Gasteiger partial charge is 0.0723 e. The second kappa shape index (κ2) is 6.82. The van der Waals surface area contributed by atoms with Gasteiger partial charge in [-0.1, -0.05) is 118 Å². The molecule has 0 N–H and O–H groups in total. The molecule has 0 radical (unpaired) electrons. The Labute approximate surface area is 192 Å². The van der Waals surface area contributed by atoms with Gasteiger partial charge in [-0.05, 0) is 63.1 Å². The van der Waals surface area contributed by atoms with E-state index >= 15 is 0 Å². The van der Waals surface area contributed by atoms with Crippen molar-refractivity contribution in [1.82, 2.24) is 0 Å². The van der Waals surface area contributed by atoms with Gasteiger partial charge in [-0.25, -0.2) is 0 Å². The fourth-order valence-electron chi connectivity index (χ4n) is 6.70. The summed E-state index contributed by atoms with van der Waals surface area (Å²) in [6.45, 7) is 9.49. The minimum atomic E-state index is -0.00705. The van der Waals surface area contributed by atoms with E-state index in [2.05, 4.69) is 113 Å². The third kappa shape index (κ3) is 2.68. The van der Waals surface area contributed by atoms with E-state index < -0.39 is 0 Å². The molecular formula is C32H32. The van der Waals surface area contributed by atoms with Gasteiger partial charge in [0.2, 0.25) is 0 Å². The van der Waals surface area contributed by atoms with E-state index in [0.29, 0.717) is 11.8 Å². The number of rotatable bonds is 2. The van der Waals surface area contributed by atoms with Crippen LogP contribution < -0.4 is 0 Å². The Kier molecular flexibility index (Phi) is 4.22. The lowest BCUT2D eigenvalue weighted by Gasteiger charge is -2.37. The molecule has 0 bridgehead atoms. The lowest BCUT2D eigenvalue weighted by molar-refractivity contribution is 0.441. The summed E-state index contributed by atoms with van der Waals surface area (Å²) >= 11 is 0. The third-order valence-corrected chi connectivity index (χ3v) is 8.24. The molecule has 3 aliphatic rings. The standard InChI is InChI=1S/C32H32/c1-21-20-32(23-12-6-5-7-13-23,30-19-24(18-27(21)30)31(2,3)4)29-16-10-15-26-25-14-9-8-11-22(25)17-28(26)29/h5-16,18-19,21,30H,17,20H2,1-4H3. The van der Waals surface area contributed by atoms with Gasteiger partial charge in [-0.2, -0.15) is 0 Å². The molecule has 160 valence electrons. The molecule has 3 atom stereocenters. The monoisotopic (exact) mass is 416 g/mol. The molecule has 0 aliphatic heterocycles. The van der Waals surface area contributed by atoms with Crippen LogP contribution in [0.2, 0.25) is 0 Å². The minimum Gasteiger partial charge on any atom is -0.0723 e. The van der Waals surface area contributed by atoms with E-state index in [4.69, 9.17) is 0 Å². The summed E-state index contributed by atoms with van der Waals surface area (Å²) in [5.41, 5.74) is 12.2. The molecule has 0 heterocycles. The number of benzene rings is 3. The third-order valence-electron chi connectivity index (χ3n) is 8.24. The average molecular weight is 417 g/mol. The Morgan fingerprint density at radius 2 is 1.53 bits per heavy atom. The number of fused-ring (bicyclic) bond motifs is 4. The van der Waals surface area contributed by atoms with Crippen molar-refractivity contribution in [1.29, 1.82) is 0 Å². The van der Waals surface area contributed by atoms with Crippen LogP contribution in [0.15, 0.2) is 96.1 Å². The first-order valence-corrected chi connectivity index (χ1v) is 12.1. The van der Waals surface area contributed by atoms with Crippen LogP contribution in [0.3, 0.4) is 0 Å². The van der Waals surface area contributed by atoms with Gasteiger partial charge in [0.05, 0.1) is 0 Å². The molecule has 1 saturated carbocycles. The highest BCUT2D eigenvalue weighted by Gasteiger charge is 2.53. The van der Waals surface area contributed by atoms with Crippen molar-refractivity contribution in [2.45, 2.75) is 46.0 Å². The lowest BCUT2D eigenvalue weighted by Crippen LogP contribution is -2.32. The molecule has 3 aliphatic carbocycles. The van der Waals surface area contributed by atoms with Crippen molar-refractivity contribution < 1.29 is 0 Å². The van der Waals surface area contributed by atoms with Gasteiger partial charge >= 0.3 is 0 Å². The second-order valence-corrected chi connectivity index (χ2v) is 11.1. The lowest BCUT2D eigenvalue weighted by atomic mass is 9.65. The Morgan fingerprint density at radius 3 is 2.31 bits per heavy atom. The molecule has 6 rings (SSSR count). The number of hydrogen-bond acceptors (Lipinski definition) is 0. The van der Waals surface area contributed by atoms with Crippen LogP contribution in [0.1, 0.15) is 56.4 Å². The summed E-state index contributed by atoms with van der Waals surface area (Å²) < 4.78 is 0. The zero-order chi connectivity index (χ0) is 22.1. The predicted octanol–water partition coefficient (Wildman–Crippen LogP) is 8.11. The van der Waals surface area contributed by atoms with Crippen LogP contribution in [0, 0.1) is 17.3 Å². The highest BCUT2D eigenvalue weighted by atomic mass is 14.6. The summed E-state index contributed by atoms with van der Waals surface area (Å²) in [6, 6.07) is 27.4. The Morgan fingerprint density at radius 1 is 0.812 bits per heavy atom. The van der Waals surface area contributed by atoms with Crippen molar-refractivity contribution in [2.75, 3.05) is 0 Å². The number of hydrogen-bond donors (Lipinski definition) is 0. The van der Waals surface area contributed by atoms with Gasteiger partial charge in [0.25, 0.3) is 0 Å². The van der Waals surface area contributed by atoms with Gasteiger partial charge in [0.1, 0.15) is 0 Å². The summed E-state index contributed by atoms with van der Waals surface area (Å²) in [7, 11) is 0. The van der Waals surface area contributed by atoms with Crippen molar-refractivity contribution >= 4 is 0 Å². The molecule has 0 saturated heterocycles. The molecule has 3 aromatic rings. The van der Waals surface area contributed by atoms with Crippen molar-refractivity contribution in [3.8, 4) is 11.1 Å². The zero-order valence-corrected chi connectivity index (χ0v) is 19.7. The summed E-state index contributed by atoms with van der Waals surface area (Å²) in [5, 5.41) is 0. The summed E-state index contributed by atoms with van der Waals surface area (Å²) in [5.74, 6) is 1.01. The first-order valence-electron chi connectivity index (χ1n) is 12.1. The second-order valence-electron chi connectivity index (χ2n) is 11.1. The van der Waals surface area contributed by atoms with E-state index in [1.54, 1.807) is 16.7 Å². The quantitative estimate of drug-likeness (QED) is 0.309. The molecule has 0 spiro atoms. The summed E-state index contributed by atoms with van der Waals surface area (Å²) in [6.07, 6.45) is 7.38. The first-order chi connectivity index (χ1) is 15.4. The summed E-state index contributed by atoms with van der Waals surface area (Å²) in [4.78, 5) is 0. The average Bonchev–Trinajstić information content (AvgIpc) is 3.46. The van der Waals surface area contributed by atoms with Crippen molar-refractivity contribution in [3.05, 3.63) is 118 Å². The topological polar surface area (TPSA) is 0 Å². The van der Waals surface area contributed by atoms with Crippen LogP contribution in [-0.2, 0) is 11.8 Å². The van der Waals surface area contributed by atoms with E-state index in [1.807, 2.05) is 0 Å². The Balaban J connectivity index is 1.62. The predicted molar refractivity (Wildman–Crippen MR) is 135 cm³/mol. The highest BCUT2D eigenvalue weighted by Crippen LogP contribution is 2.61. The molecule has 1 fully saturated rings. The van der Waals surface area contributed by atoms with Crippen molar-refractivity contribution in [3.63, 3.8) is 0 Å². The molecular weight excluding hydrogens is 384 g/mol. The van der Waals surface area contributed by atoms with Crippen LogP contribution in [0.5, 0.6) is 0 Å². The minimum absolute atomic E-state index is 0.00705. The molecule has 0 heteroatoms. The smallest absolute Gasteiger partial charge is 0.0311 e. The maximum Gasteiger partial charge on any atom is 0.0311 e. The highest BCUT2D eigenvalue weighted by molar-refractivity contribution is 5.79. The van der Waals surface area contributed by atoms with Crippen LogP contribution in [0.25, 0.3) is 11.1 Å². The van der Waals surface area contributed by atoms with E-state index in [0.717, 1.165) is 6.42 Å². The van der Waals surface area contributed by atoms with Crippen LogP contribution in [0.4, 0.5) is 0 Å². The van der Waals surface area contributed by atoms with Crippen LogP contribution in [-0.4, -0.2) is 0 Å². The molecule has 3 aromatic carbocycles. The van der Waals surface area contributed by atoms with Crippen molar-refractivity contribution in [2.24, 2.45) is 17.3 Å². The van der Waals surface area contributed by atoms with E-state index in [-0.39, 0.29) is 10.8 Å².